The van der Waals surface area contributed by atoms with Crippen LogP contribution >= 0.6 is 0 Å². The molecule has 0 spiro atoms. The number of nitrogens with one attached hydrogen (secondary N) is 1. The number of carbonyl (C=O) groups is 1. The quantitative estimate of drug-likeness (QED) is 0.292. The van der Waals surface area contributed by atoms with Gasteiger partial charge >= 0.3 is 29.6 Å². The summed E-state index contributed by atoms with van der Waals surface area (Å²) in [4.78, 5) is 9.50. The third-order valence-electron chi connectivity index (χ3n) is 0.478. The standard InChI is InChI=1S/C4H9NO.Na.H/c1-2-5-3-4-6;;/h4-5H,2-3H2,1H3;;. The fraction of sp³-hybridized carbons (Fsp3) is 0.750. The van der Waals surface area contributed by atoms with E-state index in [1.165, 1.54) is 0 Å². The summed E-state index contributed by atoms with van der Waals surface area (Å²) >= 11 is 0. The average Bonchev–Trinajstić information content (AvgIpc) is 1.61. The summed E-state index contributed by atoms with van der Waals surface area (Å²) in [6.45, 7) is 3.32. The molecule has 0 heterocycles. The van der Waals surface area contributed by atoms with Gasteiger partial charge in [0, 0.05) is 0 Å². The Morgan fingerprint density at radius 1 is 1.71 bits per heavy atom. The summed E-state index contributed by atoms with van der Waals surface area (Å²) in [7, 11) is 0. The monoisotopic (exact) mass is 111 g/mol. The van der Waals surface area contributed by atoms with Crippen LogP contribution in [0, 0.1) is 0 Å². The van der Waals surface area contributed by atoms with Gasteiger partial charge in [-0.3, -0.25) is 0 Å². The molecule has 0 saturated carbocycles. The number of aldehydes is 1. The molecule has 7 heavy (non-hydrogen) atoms. The van der Waals surface area contributed by atoms with Crippen molar-refractivity contribution in [3.8, 4) is 0 Å². The van der Waals surface area contributed by atoms with Crippen molar-refractivity contribution in [1.82, 2.24) is 5.32 Å². The zero-order chi connectivity index (χ0) is 4.83. The second kappa shape index (κ2) is 9.80. The van der Waals surface area contributed by atoms with Crippen molar-refractivity contribution < 1.29 is 4.79 Å². The van der Waals surface area contributed by atoms with E-state index in [0.717, 1.165) is 12.8 Å². The van der Waals surface area contributed by atoms with E-state index < -0.39 is 0 Å². The van der Waals surface area contributed by atoms with E-state index in [1.54, 1.807) is 0 Å². The Hall–Kier alpha value is 0.630. The average molecular weight is 111 g/mol. The molecule has 0 bridgehead atoms. The minimum absolute atomic E-state index is 0. The first-order chi connectivity index (χ1) is 2.91. The van der Waals surface area contributed by atoms with Gasteiger partial charge in [0.25, 0.3) is 0 Å². The number of carbonyl (C=O) groups excluding carboxylic acids is 1. The number of hydrogen-bond donors (Lipinski definition) is 1. The van der Waals surface area contributed by atoms with Gasteiger partial charge < -0.3 is 10.1 Å². The molecular formula is C4H10NNaO. The van der Waals surface area contributed by atoms with E-state index in [2.05, 4.69) is 5.32 Å². The Labute approximate surface area is 66.0 Å². The first-order valence-corrected chi connectivity index (χ1v) is 2.06. The first kappa shape index (κ1) is 10.6. The van der Waals surface area contributed by atoms with Crippen LogP contribution in [0.25, 0.3) is 0 Å². The molecule has 1 N–H and O–H groups in total. The van der Waals surface area contributed by atoms with E-state index in [0.29, 0.717) is 6.54 Å². The number of rotatable bonds is 3. The van der Waals surface area contributed by atoms with E-state index in [4.69, 9.17) is 0 Å². The van der Waals surface area contributed by atoms with Crippen LogP contribution in [0.4, 0.5) is 0 Å². The summed E-state index contributed by atoms with van der Waals surface area (Å²) in [6, 6.07) is 0. The zero-order valence-electron chi connectivity index (χ0n) is 3.90. The van der Waals surface area contributed by atoms with Gasteiger partial charge in [-0.1, -0.05) is 6.92 Å². The molecule has 0 fully saturated rings. The third kappa shape index (κ3) is 10.8. The van der Waals surface area contributed by atoms with Crippen molar-refractivity contribution >= 4 is 35.8 Å². The maximum absolute atomic E-state index is 9.50. The van der Waals surface area contributed by atoms with Crippen molar-refractivity contribution in [2.45, 2.75) is 6.92 Å². The molecule has 0 aromatic carbocycles. The van der Waals surface area contributed by atoms with Crippen LogP contribution in [0.1, 0.15) is 6.92 Å². The number of likely N-dealkylation sites (N-methyl/N-ethyl adjacent to an activating group) is 1. The molecule has 38 valence electrons. The Balaban J connectivity index is 0. The van der Waals surface area contributed by atoms with E-state index in [9.17, 15) is 4.79 Å². The fourth-order valence-corrected chi connectivity index (χ4v) is 0.203. The Kier molecular flexibility index (Phi) is 14.8. The molecule has 2 nitrogen and oxygen atoms in total. The predicted molar refractivity (Wildman–Crippen MR) is 31.8 cm³/mol. The van der Waals surface area contributed by atoms with Crippen molar-refractivity contribution in [3.05, 3.63) is 0 Å². The van der Waals surface area contributed by atoms with Gasteiger partial charge in [0.1, 0.15) is 6.29 Å². The van der Waals surface area contributed by atoms with Crippen molar-refractivity contribution in [3.63, 3.8) is 0 Å². The Bertz CT molecular complexity index is 40.7. The predicted octanol–water partition coefficient (Wildman–Crippen LogP) is -0.854. The molecule has 0 aliphatic rings. The van der Waals surface area contributed by atoms with Gasteiger partial charge in [-0.25, -0.2) is 0 Å². The van der Waals surface area contributed by atoms with Gasteiger partial charge in [0.2, 0.25) is 0 Å². The second-order valence-corrected chi connectivity index (χ2v) is 0.974. The third-order valence-corrected chi connectivity index (χ3v) is 0.478. The Morgan fingerprint density at radius 3 is 2.43 bits per heavy atom. The van der Waals surface area contributed by atoms with E-state index in [-0.39, 0.29) is 29.6 Å². The van der Waals surface area contributed by atoms with Crippen LogP contribution in [-0.4, -0.2) is 48.9 Å². The van der Waals surface area contributed by atoms with Crippen molar-refractivity contribution in [2.75, 3.05) is 13.1 Å². The van der Waals surface area contributed by atoms with Crippen LogP contribution in [0.2, 0.25) is 0 Å². The van der Waals surface area contributed by atoms with Gasteiger partial charge in [-0.15, -0.1) is 0 Å². The molecule has 0 radical (unpaired) electrons. The summed E-state index contributed by atoms with van der Waals surface area (Å²) < 4.78 is 0. The summed E-state index contributed by atoms with van der Waals surface area (Å²) in [5.41, 5.74) is 0. The zero-order valence-corrected chi connectivity index (χ0v) is 3.90. The molecule has 0 aliphatic carbocycles. The van der Waals surface area contributed by atoms with Crippen molar-refractivity contribution in [2.24, 2.45) is 0 Å². The molecule has 0 unspecified atom stereocenters. The normalized spacial score (nSPS) is 7.00. The molecule has 0 rings (SSSR count). The first-order valence-electron chi connectivity index (χ1n) is 2.06. The molecule has 0 atom stereocenters. The van der Waals surface area contributed by atoms with E-state index in [1.807, 2.05) is 6.92 Å². The van der Waals surface area contributed by atoms with Gasteiger partial charge in [0.05, 0.1) is 6.54 Å². The van der Waals surface area contributed by atoms with Crippen LogP contribution in [0.3, 0.4) is 0 Å². The molecule has 0 aromatic heterocycles. The topological polar surface area (TPSA) is 29.1 Å². The van der Waals surface area contributed by atoms with Gasteiger partial charge in [0.15, 0.2) is 0 Å². The van der Waals surface area contributed by atoms with Crippen molar-refractivity contribution in [1.29, 1.82) is 0 Å². The Morgan fingerprint density at radius 2 is 2.29 bits per heavy atom. The van der Waals surface area contributed by atoms with Gasteiger partial charge in [-0.05, 0) is 6.54 Å². The molecule has 0 aliphatic heterocycles. The summed E-state index contributed by atoms with van der Waals surface area (Å²) in [5, 5.41) is 2.83. The summed E-state index contributed by atoms with van der Waals surface area (Å²) in [5.74, 6) is 0. The van der Waals surface area contributed by atoms with Gasteiger partial charge in [-0.2, -0.15) is 0 Å². The molecule has 3 heteroatoms. The SMILES string of the molecule is CCNCC=O.[NaH]. The van der Waals surface area contributed by atoms with Crippen LogP contribution in [0.5, 0.6) is 0 Å². The summed E-state index contributed by atoms with van der Waals surface area (Å²) in [6.07, 6.45) is 0.851. The number of hydrogen-bond acceptors (Lipinski definition) is 2. The fourth-order valence-electron chi connectivity index (χ4n) is 0.203. The van der Waals surface area contributed by atoms with Crippen LogP contribution in [-0.2, 0) is 4.79 Å². The molecule has 0 saturated heterocycles. The maximum atomic E-state index is 9.50. The van der Waals surface area contributed by atoms with Crippen LogP contribution < -0.4 is 5.32 Å². The minimum atomic E-state index is 0. The molecular weight excluding hydrogens is 101 g/mol. The van der Waals surface area contributed by atoms with Crippen LogP contribution in [0.15, 0.2) is 0 Å². The molecule has 0 aromatic rings. The second-order valence-electron chi connectivity index (χ2n) is 0.974. The molecule has 0 amide bonds. The van der Waals surface area contributed by atoms with E-state index >= 15 is 0 Å².